The molecule has 0 aliphatic carbocycles. The van der Waals surface area contributed by atoms with Crippen LogP contribution in [0.25, 0.3) is 0 Å². The lowest BCUT2D eigenvalue weighted by Crippen LogP contribution is -2.35. The minimum atomic E-state index is 0.0930. The van der Waals surface area contributed by atoms with Crippen molar-refractivity contribution in [2.45, 2.75) is 64.6 Å². The van der Waals surface area contributed by atoms with Gasteiger partial charge in [0.2, 0.25) is 5.91 Å². The van der Waals surface area contributed by atoms with Gasteiger partial charge in [0.1, 0.15) is 11.6 Å². The van der Waals surface area contributed by atoms with Crippen LogP contribution in [-0.4, -0.2) is 76.4 Å². The summed E-state index contributed by atoms with van der Waals surface area (Å²) in [5, 5.41) is 12.0. The zero-order chi connectivity index (χ0) is 23.2. The maximum absolute atomic E-state index is 12.4. The van der Waals surface area contributed by atoms with Crippen LogP contribution < -0.4 is 5.32 Å². The van der Waals surface area contributed by atoms with Crippen molar-refractivity contribution >= 4 is 17.2 Å². The van der Waals surface area contributed by atoms with Gasteiger partial charge in [0, 0.05) is 81.0 Å². The van der Waals surface area contributed by atoms with Gasteiger partial charge in [0.15, 0.2) is 0 Å². The summed E-state index contributed by atoms with van der Waals surface area (Å²) in [6.45, 7) is 9.56. The number of likely N-dealkylation sites (tertiary alicyclic amines) is 1. The van der Waals surface area contributed by atoms with Gasteiger partial charge in [-0.1, -0.05) is 6.42 Å². The van der Waals surface area contributed by atoms with Crippen LogP contribution in [0.5, 0.6) is 0 Å². The quantitative estimate of drug-likeness (QED) is 0.618. The molecule has 2 fully saturated rings. The molecule has 2 aromatic heterocycles. The van der Waals surface area contributed by atoms with Crippen molar-refractivity contribution in [1.29, 1.82) is 0 Å². The molecule has 34 heavy (non-hydrogen) atoms. The number of nitrogens with zero attached hydrogens (tertiary/aromatic N) is 5. The largest absolute Gasteiger partial charge is 0.381 e. The highest BCUT2D eigenvalue weighted by molar-refractivity contribution is 7.11. The van der Waals surface area contributed by atoms with E-state index in [1.807, 2.05) is 11.3 Å². The summed E-state index contributed by atoms with van der Waals surface area (Å²) < 4.78 is 7.63. The van der Waals surface area contributed by atoms with Gasteiger partial charge in [-0.15, -0.1) is 21.5 Å². The van der Waals surface area contributed by atoms with E-state index in [1.165, 1.54) is 42.1 Å². The topological polar surface area (TPSA) is 75.5 Å². The molecule has 0 aromatic carbocycles. The zero-order valence-corrected chi connectivity index (χ0v) is 21.0. The summed E-state index contributed by atoms with van der Waals surface area (Å²) in [6.07, 6.45) is 7.39. The van der Waals surface area contributed by atoms with Gasteiger partial charge in [-0.25, -0.2) is 0 Å². The van der Waals surface area contributed by atoms with Crippen LogP contribution >= 0.6 is 11.3 Å². The summed E-state index contributed by atoms with van der Waals surface area (Å²) in [6, 6.07) is 4.65. The lowest BCUT2D eigenvalue weighted by molar-refractivity contribution is -0.127. The third kappa shape index (κ3) is 6.24. The Hall–Kier alpha value is -1.81. The molecule has 0 radical (unpaired) electrons. The summed E-state index contributed by atoms with van der Waals surface area (Å²) >= 11 is 1.98. The van der Waals surface area contributed by atoms with Crippen LogP contribution in [0, 0.1) is 5.92 Å². The van der Waals surface area contributed by atoms with E-state index in [1.54, 1.807) is 0 Å². The first-order valence-corrected chi connectivity index (χ1v) is 13.8. The van der Waals surface area contributed by atoms with Gasteiger partial charge in [-0.05, 0) is 50.9 Å². The Balaban J connectivity index is 1.08. The predicted octanol–water partition coefficient (Wildman–Crippen LogP) is 2.47. The number of rotatable bonds is 8. The van der Waals surface area contributed by atoms with Crippen molar-refractivity contribution in [2.24, 2.45) is 5.92 Å². The molecule has 9 heteroatoms. The molecule has 5 heterocycles. The molecule has 0 unspecified atom stereocenters. The maximum atomic E-state index is 12.4. The zero-order valence-electron chi connectivity index (χ0n) is 20.2. The minimum absolute atomic E-state index is 0.0930. The molecule has 186 valence electrons. The number of ether oxygens (including phenoxy) is 1. The highest BCUT2D eigenvalue weighted by Crippen LogP contribution is 2.23. The Bertz CT molecular complexity index is 932. The number of carbonyl (C=O) groups excluding carboxylic acids is 1. The number of amides is 1. The number of carbonyl (C=O) groups is 1. The van der Waals surface area contributed by atoms with E-state index in [0.29, 0.717) is 19.8 Å². The molecule has 0 bridgehead atoms. The number of nitrogens with one attached hydrogen (secondary N) is 1. The molecule has 2 aromatic rings. The number of hydrogen-bond acceptors (Lipinski definition) is 7. The van der Waals surface area contributed by atoms with Crippen molar-refractivity contribution < 1.29 is 9.53 Å². The monoisotopic (exact) mass is 486 g/mol. The van der Waals surface area contributed by atoms with E-state index in [2.05, 4.69) is 42.0 Å². The average Bonchev–Trinajstić information content (AvgIpc) is 3.42. The van der Waals surface area contributed by atoms with Crippen molar-refractivity contribution in [3.8, 4) is 0 Å². The standard InChI is InChI=1S/C25H38N6O2S/c32-25(20-8-16-33-17-9-20)26-10-6-23-27-28-24-7-13-30(14-15-31(23)24)19-22-5-4-21(34-22)18-29-11-2-1-3-12-29/h4-5,20H,1-3,6-19H2,(H,26,32). The third-order valence-electron chi connectivity index (χ3n) is 7.36. The fraction of sp³-hybridized carbons (Fsp3) is 0.720. The lowest BCUT2D eigenvalue weighted by Gasteiger charge is -2.25. The lowest BCUT2D eigenvalue weighted by atomic mass is 9.99. The van der Waals surface area contributed by atoms with E-state index < -0.39 is 0 Å². The molecule has 0 atom stereocenters. The van der Waals surface area contributed by atoms with E-state index in [9.17, 15) is 4.79 Å². The molecular weight excluding hydrogens is 448 g/mol. The molecule has 2 saturated heterocycles. The van der Waals surface area contributed by atoms with Crippen LogP contribution in [0.2, 0.25) is 0 Å². The number of hydrogen-bond donors (Lipinski definition) is 1. The van der Waals surface area contributed by atoms with Gasteiger partial charge in [0.05, 0.1) is 0 Å². The SMILES string of the molecule is O=C(NCCc1nnc2n1CCN(Cc1ccc(CN3CCCCC3)s1)CC2)C1CCOCC1. The molecular formula is C25H38N6O2S. The van der Waals surface area contributed by atoms with Crippen LogP contribution in [-0.2, 0) is 42.0 Å². The van der Waals surface area contributed by atoms with E-state index >= 15 is 0 Å². The van der Waals surface area contributed by atoms with Gasteiger partial charge in [-0.2, -0.15) is 0 Å². The Morgan fingerprint density at radius 3 is 2.47 bits per heavy atom. The second-order valence-corrected chi connectivity index (χ2v) is 11.1. The smallest absolute Gasteiger partial charge is 0.223 e. The average molecular weight is 487 g/mol. The Labute approximate surface area is 206 Å². The van der Waals surface area contributed by atoms with E-state index in [0.717, 1.165) is 70.1 Å². The minimum Gasteiger partial charge on any atom is -0.381 e. The maximum Gasteiger partial charge on any atom is 0.223 e. The first-order valence-electron chi connectivity index (χ1n) is 13.0. The molecule has 0 saturated carbocycles. The number of fused-ring (bicyclic) bond motifs is 1. The summed E-state index contributed by atoms with van der Waals surface area (Å²) in [5.74, 6) is 2.31. The number of aromatic nitrogens is 3. The Morgan fingerprint density at radius 2 is 1.71 bits per heavy atom. The first kappa shape index (κ1) is 23.9. The first-order chi connectivity index (χ1) is 16.7. The van der Waals surface area contributed by atoms with Crippen LogP contribution in [0.3, 0.4) is 0 Å². The molecule has 0 spiro atoms. The normalized spacial score (nSPS) is 20.7. The van der Waals surface area contributed by atoms with Crippen molar-refractivity contribution in [3.63, 3.8) is 0 Å². The Kier molecular flexibility index (Phi) is 8.26. The number of piperidine rings is 1. The second kappa shape index (κ2) is 11.7. The van der Waals surface area contributed by atoms with Crippen LogP contribution in [0.15, 0.2) is 12.1 Å². The Morgan fingerprint density at radius 1 is 0.971 bits per heavy atom. The summed E-state index contributed by atoms with van der Waals surface area (Å²) in [5.41, 5.74) is 0. The molecule has 3 aliphatic rings. The molecule has 1 amide bonds. The highest BCUT2D eigenvalue weighted by Gasteiger charge is 2.22. The van der Waals surface area contributed by atoms with Gasteiger partial charge in [-0.3, -0.25) is 14.6 Å². The molecule has 1 N–H and O–H groups in total. The number of thiophene rings is 1. The molecule has 5 rings (SSSR count). The van der Waals surface area contributed by atoms with Crippen molar-refractivity contribution in [3.05, 3.63) is 33.5 Å². The fourth-order valence-corrected chi connectivity index (χ4v) is 6.43. The fourth-order valence-electron chi connectivity index (χ4n) is 5.32. The van der Waals surface area contributed by atoms with Crippen molar-refractivity contribution in [2.75, 3.05) is 45.9 Å². The molecule has 8 nitrogen and oxygen atoms in total. The van der Waals surface area contributed by atoms with Gasteiger partial charge in [0.25, 0.3) is 0 Å². The highest BCUT2D eigenvalue weighted by atomic mass is 32.1. The summed E-state index contributed by atoms with van der Waals surface area (Å²) in [4.78, 5) is 20.5. The van der Waals surface area contributed by atoms with Gasteiger partial charge >= 0.3 is 0 Å². The predicted molar refractivity (Wildman–Crippen MR) is 133 cm³/mol. The van der Waals surface area contributed by atoms with Gasteiger partial charge < -0.3 is 14.6 Å². The third-order valence-corrected chi connectivity index (χ3v) is 8.42. The van der Waals surface area contributed by atoms with Crippen LogP contribution in [0.4, 0.5) is 0 Å². The molecule has 3 aliphatic heterocycles. The van der Waals surface area contributed by atoms with Crippen LogP contribution in [0.1, 0.15) is 53.5 Å². The van der Waals surface area contributed by atoms with E-state index in [-0.39, 0.29) is 11.8 Å². The van der Waals surface area contributed by atoms with E-state index in [4.69, 9.17) is 4.74 Å². The second-order valence-electron chi connectivity index (χ2n) is 9.84. The van der Waals surface area contributed by atoms with Crippen molar-refractivity contribution in [1.82, 2.24) is 29.9 Å². The summed E-state index contributed by atoms with van der Waals surface area (Å²) in [7, 11) is 0.